The topological polar surface area (TPSA) is 64.7 Å². The molecule has 3 aromatic heterocycles. The summed E-state index contributed by atoms with van der Waals surface area (Å²) < 4.78 is 6.50. The Morgan fingerprint density at radius 1 is 0.455 bits per heavy atom. The zero-order chi connectivity index (χ0) is 29.5. The SMILES string of the molecule is Cc1cc(-c2ccc(-c3cc(-c4nc(-c5ccccc5)nc(-c5ccccc5)n4)c4oc5ccccc5c4c3)cc2)ccn1. The average molecular weight is 567 g/mol. The molecule has 0 bridgehead atoms. The highest BCUT2D eigenvalue weighted by molar-refractivity contribution is 6.11. The molecule has 44 heavy (non-hydrogen) atoms. The summed E-state index contributed by atoms with van der Waals surface area (Å²) in [6, 6.07) is 45.3. The summed E-state index contributed by atoms with van der Waals surface area (Å²) in [5.41, 5.74) is 9.68. The number of nitrogens with zero attached hydrogens (tertiary/aromatic N) is 4. The van der Waals surface area contributed by atoms with Crippen molar-refractivity contribution >= 4 is 21.9 Å². The lowest BCUT2D eigenvalue weighted by molar-refractivity contribution is 0.669. The van der Waals surface area contributed by atoms with Gasteiger partial charge < -0.3 is 4.42 Å². The highest BCUT2D eigenvalue weighted by Crippen LogP contribution is 2.39. The van der Waals surface area contributed by atoms with E-state index in [1.807, 2.05) is 98.0 Å². The van der Waals surface area contributed by atoms with Crippen molar-refractivity contribution in [3.63, 3.8) is 0 Å². The Labute approximate surface area is 254 Å². The van der Waals surface area contributed by atoms with Gasteiger partial charge in [0, 0.05) is 33.8 Å². The molecule has 5 nitrogen and oxygen atoms in total. The van der Waals surface area contributed by atoms with Crippen LogP contribution in [0.2, 0.25) is 0 Å². The minimum absolute atomic E-state index is 0.562. The predicted octanol–water partition coefficient (Wildman–Crippen LogP) is 9.81. The summed E-state index contributed by atoms with van der Waals surface area (Å²) >= 11 is 0. The third-order valence-electron chi connectivity index (χ3n) is 7.87. The molecule has 5 heteroatoms. The van der Waals surface area contributed by atoms with E-state index < -0.39 is 0 Å². The van der Waals surface area contributed by atoms with Crippen molar-refractivity contribution in [2.45, 2.75) is 6.92 Å². The van der Waals surface area contributed by atoms with Crippen molar-refractivity contribution in [3.05, 3.63) is 145 Å². The molecule has 0 saturated heterocycles. The van der Waals surface area contributed by atoms with Gasteiger partial charge in [-0.05, 0) is 59.5 Å². The molecular weight excluding hydrogens is 540 g/mol. The highest BCUT2D eigenvalue weighted by Gasteiger charge is 2.19. The molecule has 0 aliphatic carbocycles. The van der Waals surface area contributed by atoms with Gasteiger partial charge in [0.25, 0.3) is 0 Å². The molecule has 5 aromatic carbocycles. The van der Waals surface area contributed by atoms with Crippen LogP contribution in [0.3, 0.4) is 0 Å². The van der Waals surface area contributed by atoms with Gasteiger partial charge in [-0.1, -0.05) is 103 Å². The van der Waals surface area contributed by atoms with Crippen LogP contribution in [-0.4, -0.2) is 19.9 Å². The molecule has 208 valence electrons. The maximum Gasteiger partial charge on any atom is 0.167 e. The fourth-order valence-electron chi connectivity index (χ4n) is 5.67. The Morgan fingerprint density at radius 3 is 1.70 bits per heavy atom. The standard InChI is InChI=1S/C39H26N4O/c1-25-22-30(20-21-40-25)26-16-18-27(19-17-26)31-23-33-32-14-8-9-15-35(32)44-36(33)34(24-31)39-42-37(28-10-4-2-5-11-28)41-38(43-39)29-12-6-3-7-13-29/h2-24H,1H3. The molecule has 0 atom stereocenters. The molecule has 8 rings (SSSR count). The third-order valence-corrected chi connectivity index (χ3v) is 7.87. The van der Waals surface area contributed by atoms with Crippen LogP contribution in [0.4, 0.5) is 0 Å². The van der Waals surface area contributed by atoms with Crippen molar-refractivity contribution in [1.82, 2.24) is 19.9 Å². The molecule has 0 saturated carbocycles. The molecule has 0 unspecified atom stereocenters. The number of fused-ring (bicyclic) bond motifs is 3. The smallest absolute Gasteiger partial charge is 0.167 e. The normalized spacial score (nSPS) is 11.3. The van der Waals surface area contributed by atoms with Crippen molar-refractivity contribution in [2.75, 3.05) is 0 Å². The van der Waals surface area contributed by atoms with E-state index >= 15 is 0 Å². The number of aryl methyl sites for hydroxylation is 1. The second-order valence-electron chi connectivity index (χ2n) is 10.8. The second-order valence-corrected chi connectivity index (χ2v) is 10.8. The van der Waals surface area contributed by atoms with Crippen LogP contribution in [0.15, 0.2) is 144 Å². The molecule has 0 amide bonds. The van der Waals surface area contributed by atoms with Gasteiger partial charge in [-0.2, -0.15) is 0 Å². The minimum atomic E-state index is 0.562. The minimum Gasteiger partial charge on any atom is -0.455 e. The number of para-hydroxylation sites is 1. The first kappa shape index (κ1) is 25.7. The van der Waals surface area contributed by atoms with Crippen LogP contribution in [-0.2, 0) is 0 Å². The summed E-state index contributed by atoms with van der Waals surface area (Å²) in [4.78, 5) is 19.3. The Balaban J connectivity index is 1.35. The molecular formula is C39H26N4O. The number of hydrogen-bond acceptors (Lipinski definition) is 5. The summed E-state index contributed by atoms with van der Waals surface area (Å²) in [7, 11) is 0. The summed E-state index contributed by atoms with van der Waals surface area (Å²) in [5.74, 6) is 1.79. The largest absolute Gasteiger partial charge is 0.455 e. The predicted molar refractivity (Wildman–Crippen MR) is 177 cm³/mol. The van der Waals surface area contributed by atoms with Crippen LogP contribution < -0.4 is 0 Å². The lowest BCUT2D eigenvalue weighted by Gasteiger charge is -2.11. The number of hydrogen-bond donors (Lipinski definition) is 0. The fourth-order valence-corrected chi connectivity index (χ4v) is 5.67. The van der Waals surface area contributed by atoms with Crippen molar-refractivity contribution in [1.29, 1.82) is 0 Å². The van der Waals surface area contributed by atoms with Crippen molar-refractivity contribution in [3.8, 4) is 56.4 Å². The lowest BCUT2D eigenvalue weighted by Crippen LogP contribution is -2.00. The monoisotopic (exact) mass is 566 g/mol. The van der Waals surface area contributed by atoms with E-state index in [1.165, 1.54) is 0 Å². The Bertz CT molecular complexity index is 2220. The summed E-state index contributed by atoms with van der Waals surface area (Å²) in [6.45, 7) is 2.01. The summed E-state index contributed by atoms with van der Waals surface area (Å²) in [5, 5.41) is 2.07. The zero-order valence-electron chi connectivity index (χ0n) is 24.0. The van der Waals surface area contributed by atoms with E-state index in [1.54, 1.807) is 0 Å². The van der Waals surface area contributed by atoms with Crippen LogP contribution in [0, 0.1) is 6.92 Å². The van der Waals surface area contributed by atoms with Gasteiger partial charge in [-0.3, -0.25) is 4.98 Å². The number of furan rings is 1. The van der Waals surface area contributed by atoms with E-state index in [2.05, 4.69) is 53.5 Å². The van der Waals surface area contributed by atoms with Crippen LogP contribution >= 0.6 is 0 Å². The van der Waals surface area contributed by atoms with Crippen molar-refractivity contribution in [2.24, 2.45) is 0 Å². The average Bonchev–Trinajstić information content (AvgIpc) is 3.47. The highest BCUT2D eigenvalue weighted by atomic mass is 16.3. The van der Waals surface area contributed by atoms with Crippen LogP contribution in [0.5, 0.6) is 0 Å². The van der Waals surface area contributed by atoms with E-state index in [0.29, 0.717) is 17.5 Å². The number of rotatable bonds is 5. The van der Waals surface area contributed by atoms with Gasteiger partial charge in [-0.15, -0.1) is 0 Å². The second kappa shape index (κ2) is 10.7. The summed E-state index contributed by atoms with van der Waals surface area (Å²) in [6.07, 6.45) is 1.85. The maximum absolute atomic E-state index is 6.50. The first-order valence-corrected chi connectivity index (χ1v) is 14.6. The van der Waals surface area contributed by atoms with E-state index in [-0.39, 0.29) is 0 Å². The number of pyridine rings is 1. The fraction of sp³-hybridized carbons (Fsp3) is 0.0256. The van der Waals surface area contributed by atoms with Gasteiger partial charge in [0.05, 0.1) is 5.56 Å². The molecule has 3 heterocycles. The Hall–Kier alpha value is -5.94. The van der Waals surface area contributed by atoms with Crippen LogP contribution in [0.25, 0.3) is 78.4 Å². The lowest BCUT2D eigenvalue weighted by atomic mass is 9.97. The number of benzene rings is 5. The molecule has 0 fully saturated rings. The molecule has 8 aromatic rings. The quantitative estimate of drug-likeness (QED) is 0.207. The number of aromatic nitrogens is 4. The zero-order valence-corrected chi connectivity index (χ0v) is 24.0. The van der Waals surface area contributed by atoms with Gasteiger partial charge in [0.1, 0.15) is 11.2 Å². The van der Waals surface area contributed by atoms with Gasteiger partial charge in [-0.25, -0.2) is 15.0 Å². The maximum atomic E-state index is 6.50. The molecule has 0 N–H and O–H groups in total. The van der Waals surface area contributed by atoms with Gasteiger partial charge in [0.15, 0.2) is 17.5 Å². The van der Waals surface area contributed by atoms with E-state index in [4.69, 9.17) is 19.4 Å². The molecule has 0 aliphatic rings. The van der Waals surface area contributed by atoms with Crippen LogP contribution in [0.1, 0.15) is 5.69 Å². The van der Waals surface area contributed by atoms with E-state index in [0.717, 1.165) is 66.6 Å². The van der Waals surface area contributed by atoms with E-state index in [9.17, 15) is 0 Å². The Morgan fingerprint density at radius 2 is 1.05 bits per heavy atom. The van der Waals surface area contributed by atoms with Gasteiger partial charge in [0.2, 0.25) is 0 Å². The molecule has 0 spiro atoms. The van der Waals surface area contributed by atoms with Crippen molar-refractivity contribution < 1.29 is 4.42 Å². The first-order chi connectivity index (χ1) is 21.7. The third kappa shape index (κ3) is 4.71. The molecule has 0 radical (unpaired) electrons. The first-order valence-electron chi connectivity index (χ1n) is 14.6. The Kier molecular flexibility index (Phi) is 6.27. The van der Waals surface area contributed by atoms with Gasteiger partial charge >= 0.3 is 0 Å². The molecule has 0 aliphatic heterocycles.